The smallest absolute Gasteiger partial charge is 0.119 e. The Labute approximate surface area is 102 Å². The highest BCUT2D eigenvalue weighted by atomic mass is 16.5. The van der Waals surface area contributed by atoms with E-state index >= 15 is 0 Å². The quantitative estimate of drug-likeness (QED) is 0.852. The van der Waals surface area contributed by atoms with Gasteiger partial charge in [0.15, 0.2) is 0 Å². The summed E-state index contributed by atoms with van der Waals surface area (Å²) < 4.78 is 5.23. The fourth-order valence-electron chi connectivity index (χ4n) is 3.17. The maximum absolute atomic E-state index is 9.12. The first kappa shape index (κ1) is 11.1. The summed E-state index contributed by atoms with van der Waals surface area (Å²) in [5, 5.41) is 9.12. The van der Waals surface area contributed by atoms with Gasteiger partial charge < -0.3 is 9.84 Å². The van der Waals surface area contributed by atoms with E-state index in [9.17, 15) is 0 Å². The monoisotopic (exact) mass is 233 g/mol. The summed E-state index contributed by atoms with van der Waals surface area (Å²) in [5.41, 5.74) is 1.31. The number of hydrogen-bond acceptors (Lipinski definition) is 3. The Hall–Kier alpha value is -1.06. The summed E-state index contributed by atoms with van der Waals surface area (Å²) in [7, 11) is 1.70. The van der Waals surface area contributed by atoms with Gasteiger partial charge in [-0.2, -0.15) is 0 Å². The number of benzene rings is 1. The number of fused-ring (bicyclic) bond motifs is 1. The topological polar surface area (TPSA) is 32.7 Å². The van der Waals surface area contributed by atoms with E-state index < -0.39 is 0 Å². The van der Waals surface area contributed by atoms with Crippen LogP contribution in [-0.4, -0.2) is 36.8 Å². The first-order chi connectivity index (χ1) is 8.31. The van der Waals surface area contributed by atoms with Crippen LogP contribution in [0.2, 0.25) is 0 Å². The Morgan fingerprint density at radius 3 is 2.76 bits per heavy atom. The van der Waals surface area contributed by atoms with Gasteiger partial charge >= 0.3 is 0 Å². The van der Waals surface area contributed by atoms with Crippen LogP contribution < -0.4 is 4.74 Å². The van der Waals surface area contributed by atoms with E-state index in [-0.39, 0.29) is 0 Å². The third-order valence-corrected chi connectivity index (χ3v) is 4.20. The zero-order valence-corrected chi connectivity index (χ0v) is 10.2. The lowest BCUT2D eigenvalue weighted by Crippen LogP contribution is -2.24. The fourth-order valence-corrected chi connectivity index (χ4v) is 3.17. The standard InChI is InChI=1S/C14H19NO2/c1-17-11-4-2-3-10(5-11)6-15-7-12-13(8-15)14(12)9-16/h2-5,12-14,16H,6-9H2,1H3. The van der Waals surface area contributed by atoms with Crippen molar-refractivity contribution in [3.05, 3.63) is 29.8 Å². The molecule has 1 aliphatic heterocycles. The van der Waals surface area contributed by atoms with Crippen LogP contribution in [0.4, 0.5) is 0 Å². The zero-order chi connectivity index (χ0) is 11.8. The number of methoxy groups -OCH3 is 1. The van der Waals surface area contributed by atoms with Crippen molar-refractivity contribution in [1.29, 1.82) is 0 Å². The van der Waals surface area contributed by atoms with E-state index in [1.807, 2.05) is 12.1 Å². The van der Waals surface area contributed by atoms with Crippen molar-refractivity contribution in [1.82, 2.24) is 4.90 Å². The molecule has 1 saturated heterocycles. The SMILES string of the molecule is COc1cccc(CN2CC3C(CO)C3C2)c1. The number of hydrogen-bond donors (Lipinski definition) is 1. The number of aliphatic hydroxyl groups excluding tert-OH is 1. The molecule has 1 aromatic rings. The van der Waals surface area contributed by atoms with Gasteiger partial charge in [0.1, 0.15) is 5.75 Å². The van der Waals surface area contributed by atoms with Gasteiger partial charge in [0, 0.05) is 26.2 Å². The molecule has 2 aliphatic rings. The molecule has 0 bridgehead atoms. The van der Waals surface area contributed by atoms with Crippen molar-refractivity contribution >= 4 is 0 Å². The van der Waals surface area contributed by atoms with Gasteiger partial charge in [-0.05, 0) is 35.4 Å². The average molecular weight is 233 g/mol. The van der Waals surface area contributed by atoms with E-state index in [4.69, 9.17) is 9.84 Å². The van der Waals surface area contributed by atoms with Gasteiger partial charge in [0.2, 0.25) is 0 Å². The van der Waals surface area contributed by atoms with Gasteiger partial charge in [-0.25, -0.2) is 0 Å². The second-order valence-corrected chi connectivity index (χ2v) is 5.22. The van der Waals surface area contributed by atoms with Crippen LogP contribution in [0.25, 0.3) is 0 Å². The van der Waals surface area contributed by atoms with Gasteiger partial charge in [-0.15, -0.1) is 0 Å². The van der Waals surface area contributed by atoms with Crippen LogP contribution in [0.15, 0.2) is 24.3 Å². The normalized spacial score (nSPS) is 31.3. The van der Waals surface area contributed by atoms with Crippen LogP contribution in [0.5, 0.6) is 5.75 Å². The Morgan fingerprint density at radius 1 is 1.35 bits per heavy atom. The lowest BCUT2D eigenvalue weighted by Gasteiger charge is -2.19. The molecule has 3 rings (SSSR count). The summed E-state index contributed by atoms with van der Waals surface area (Å²) >= 11 is 0. The highest BCUT2D eigenvalue weighted by molar-refractivity contribution is 5.28. The molecule has 3 heteroatoms. The van der Waals surface area contributed by atoms with Crippen molar-refractivity contribution in [2.75, 3.05) is 26.8 Å². The Kier molecular flexibility index (Phi) is 2.81. The maximum atomic E-state index is 9.12. The van der Waals surface area contributed by atoms with Crippen LogP contribution in [0.1, 0.15) is 5.56 Å². The molecule has 92 valence electrons. The molecule has 1 aromatic carbocycles. The minimum absolute atomic E-state index is 0.377. The molecular formula is C14H19NO2. The number of aliphatic hydroxyl groups is 1. The van der Waals surface area contributed by atoms with Crippen molar-refractivity contribution in [3.8, 4) is 5.75 Å². The average Bonchev–Trinajstić information content (AvgIpc) is 2.84. The molecule has 1 heterocycles. The van der Waals surface area contributed by atoms with Gasteiger partial charge in [-0.3, -0.25) is 4.90 Å². The fraction of sp³-hybridized carbons (Fsp3) is 0.571. The first-order valence-electron chi connectivity index (χ1n) is 6.28. The van der Waals surface area contributed by atoms with Crippen molar-refractivity contribution in [2.24, 2.45) is 17.8 Å². The molecule has 0 amide bonds. The summed E-state index contributed by atoms with van der Waals surface area (Å²) in [6, 6.07) is 8.28. The lowest BCUT2D eigenvalue weighted by atomic mass is 10.2. The number of nitrogens with zero attached hydrogens (tertiary/aromatic N) is 1. The highest BCUT2D eigenvalue weighted by Gasteiger charge is 2.54. The Morgan fingerprint density at radius 2 is 2.12 bits per heavy atom. The molecule has 17 heavy (non-hydrogen) atoms. The Balaban J connectivity index is 1.58. The van der Waals surface area contributed by atoms with Gasteiger partial charge in [-0.1, -0.05) is 12.1 Å². The highest BCUT2D eigenvalue weighted by Crippen LogP contribution is 2.51. The van der Waals surface area contributed by atoms with Crippen molar-refractivity contribution in [2.45, 2.75) is 6.54 Å². The van der Waals surface area contributed by atoms with E-state index in [0.717, 1.165) is 37.2 Å². The van der Waals surface area contributed by atoms with E-state index in [0.29, 0.717) is 12.5 Å². The summed E-state index contributed by atoms with van der Waals surface area (Å²) in [4.78, 5) is 2.48. The number of likely N-dealkylation sites (tertiary alicyclic amines) is 1. The van der Waals surface area contributed by atoms with Crippen LogP contribution in [0.3, 0.4) is 0 Å². The Bertz CT molecular complexity index is 395. The molecule has 2 unspecified atom stereocenters. The molecular weight excluding hydrogens is 214 g/mol. The summed E-state index contributed by atoms with van der Waals surface area (Å²) in [5.74, 6) is 3.04. The molecule has 2 atom stereocenters. The van der Waals surface area contributed by atoms with Crippen LogP contribution in [0, 0.1) is 17.8 Å². The van der Waals surface area contributed by atoms with Gasteiger partial charge in [0.25, 0.3) is 0 Å². The second-order valence-electron chi connectivity index (χ2n) is 5.22. The molecule has 1 N–H and O–H groups in total. The summed E-state index contributed by atoms with van der Waals surface area (Å²) in [6.45, 7) is 3.67. The molecule has 0 aromatic heterocycles. The number of piperidine rings is 1. The van der Waals surface area contributed by atoms with Gasteiger partial charge in [0.05, 0.1) is 7.11 Å². The number of rotatable bonds is 4. The second kappa shape index (κ2) is 4.31. The van der Waals surface area contributed by atoms with Crippen LogP contribution >= 0.6 is 0 Å². The largest absolute Gasteiger partial charge is 0.497 e. The van der Waals surface area contributed by atoms with E-state index in [1.54, 1.807) is 7.11 Å². The number of ether oxygens (including phenoxy) is 1. The van der Waals surface area contributed by atoms with Crippen molar-refractivity contribution < 1.29 is 9.84 Å². The minimum atomic E-state index is 0.377. The zero-order valence-electron chi connectivity index (χ0n) is 10.2. The maximum Gasteiger partial charge on any atom is 0.119 e. The first-order valence-corrected chi connectivity index (χ1v) is 6.28. The van der Waals surface area contributed by atoms with Crippen LogP contribution in [-0.2, 0) is 6.54 Å². The molecule has 3 nitrogen and oxygen atoms in total. The molecule has 1 aliphatic carbocycles. The predicted octanol–water partition coefficient (Wildman–Crippen LogP) is 1.37. The molecule has 0 spiro atoms. The molecule has 0 radical (unpaired) electrons. The van der Waals surface area contributed by atoms with Crippen molar-refractivity contribution in [3.63, 3.8) is 0 Å². The minimum Gasteiger partial charge on any atom is -0.497 e. The lowest BCUT2D eigenvalue weighted by molar-refractivity contribution is 0.217. The molecule has 1 saturated carbocycles. The summed E-state index contributed by atoms with van der Waals surface area (Å²) in [6.07, 6.45) is 0. The molecule has 2 fully saturated rings. The van der Waals surface area contributed by atoms with E-state index in [1.165, 1.54) is 5.56 Å². The van der Waals surface area contributed by atoms with E-state index in [2.05, 4.69) is 17.0 Å². The third-order valence-electron chi connectivity index (χ3n) is 4.20. The third kappa shape index (κ3) is 2.05. The predicted molar refractivity (Wildman–Crippen MR) is 65.8 cm³/mol.